The summed E-state index contributed by atoms with van der Waals surface area (Å²) in [4.78, 5) is 23.6. The van der Waals surface area contributed by atoms with Crippen molar-refractivity contribution in [1.82, 2.24) is 9.13 Å². The Balaban J connectivity index is 2.57. The SMILES string of the molecule is C=CCn1ccn(-c2ccc(F)cc2)c(=O)c1=O. The Labute approximate surface area is 102 Å². The van der Waals surface area contributed by atoms with Crippen LogP contribution in [0.4, 0.5) is 4.39 Å². The molecule has 0 bridgehead atoms. The van der Waals surface area contributed by atoms with Crippen LogP contribution in [0.3, 0.4) is 0 Å². The van der Waals surface area contributed by atoms with Gasteiger partial charge in [0.1, 0.15) is 5.82 Å². The summed E-state index contributed by atoms with van der Waals surface area (Å²) in [6.45, 7) is 3.78. The lowest BCUT2D eigenvalue weighted by Gasteiger charge is -2.07. The van der Waals surface area contributed by atoms with Crippen LogP contribution in [0, 0.1) is 5.82 Å². The van der Waals surface area contributed by atoms with Crippen molar-refractivity contribution in [2.45, 2.75) is 6.54 Å². The molecule has 4 nitrogen and oxygen atoms in total. The molecule has 18 heavy (non-hydrogen) atoms. The molecule has 92 valence electrons. The summed E-state index contributed by atoms with van der Waals surface area (Å²) >= 11 is 0. The zero-order chi connectivity index (χ0) is 13.1. The van der Waals surface area contributed by atoms with Crippen molar-refractivity contribution in [1.29, 1.82) is 0 Å². The summed E-state index contributed by atoms with van der Waals surface area (Å²) in [6.07, 6.45) is 4.50. The fourth-order valence-electron chi connectivity index (χ4n) is 1.60. The van der Waals surface area contributed by atoms with E-state index in [1.54, 1.807) is 0 Å². The standard InChI is InChI=1S/C13H11FN2O2/c1-2-7-15-8-9-16(13(18)12(15)17)11-5-3-10(14)4-6-11/h2-6,8-9H,1,7H2. The fraction of sp³-hybridized carbons (Fsp3) is 0.0769. The van der Waals surface area contributed by atoms with Crippen molar-refractivity contribution in [2.75, 3.05) is 0 Å². The number of hydrogen-bond donors (Lipinski definition) is 0. The van der Waals surface area contributed by atoms with Gasteiger partial charge in [0.2, 0.25) is 0 Å². The first-order chi connectivity index (χ1) is 8.63. The van der Waals surface area contributed by atoms with Crippen LogP contribution >= 0.6 is 0 Å². The molecule has 0 N–H and O–H groups in total. The van der Waals surface area contributed by atoms with Crippen LogP contribution in [0.25, 0.3) is 5.69 Å². The van der Waals surface area contributed by atoms with Gasteiger partial charge in [-0.2, -0.15) is 0 Å². The second-order valence-electron chi connectivity index (χ2n) is 3.70. The molecule has 0 radical (unpaired) electrons. The molecule has 1 aromatic carbocycles. The third-order valence-electron chi connectivity index (χ3n) is 2.49. The van der Waals surface area contributed by atoms with Crippen LogP contribution in [0.1, 0.15) is 0 Å². The molecule has 0 amide bonds. The lowest BCUT2D eigenvalue weighted by Crippen LogP contribution is -2.39. The number of hydrogen-bond acceptors (Lipinski definition) is 2. The molecule has 0 aliphatic rings. The van der Waals surface area contributed by atoms with Gasteiger partial charge in [-0.05, 0) is 24.3 Å². The average Bonchev–Trinajstić information content (AvgIpc) is 2.37. The molecule has 1 heterocycles. The molecule has 0 unspecified atom stereocenters. The Kier molecular flexibility index (Phi) is 3.23. The molecule has 0 saturated heterocycles. The van der Waals surface area contributed by atoms with Crippen LogP contribution in [-0.4, -0.2) is 9.13 Å². The van der Waals surface area contributed by atoms with Crippen LogP contribution in [0.2, 0.25) is 0 Å². The lowest BCUT2D eigenvalue weighted by atomic mass is 10.3. The highest BCUT2D eigenvalue weighted by Crippen LogP contribution is 2.05. The van der Waals surface area contributed by atoms with E-state index in [1.807, 2.05) is 0 Å². The molecule has 1 aromatic heterocycles. The first-order valence-corrected chi connectivity index (χ1v) is 5.32. The lowest BCUT2D eigenvalue weighted by molar-refractivity contribution is 0.627. The molecule has 0 aliphatic carbocycles. The van der Waals surface area contributed by atoms with Crippen LogP contribution in [-0.2, 0) is 6.54 Å². The highest BCUT2D eigenvalue weighted by atomic mass is 19.1. The van der Waals surface area contributed by atoms with E-state index in [4.69, 9.17) is 0 Å². The van der Waals surface area contributed by atoms with Crippen molar-refractivity contribution < 1.29 is 4.39 Å². The fourth-order valence-corrected chi connectivity index (χ4v) is 1.60. The van der Waals surface area contributed by atoms with Gasteiger partial charge in [0.25, 0.3) is 0 Å². The summed E-state index contributed by atoms with van der Waals surface area (Å²) in [5.41, 5.74) is -0.864. The second kappa shape index (κ2) is 4.83. The van der Waals surface area contributed by atoms with Gasteiger partial charge in [-0.15, -0.1) is 6.58 Å². The monoisotopic (exact) mass is 246 g/mol. The Bertz CT molecular complexity index is 683. The van der Waals surface area contributed by atoms with E-state index in [2.05, 4.69) is 6.58 Å². The molecule has 0 saturated carbocycles. The normalized spacial score (nSPS) is 10.3. The van der Waals surface area contributed by atoms with E-state index in [0.717, 1.165) is 0 Å². The van der Waals surface area contributed by atoms with Gasteiger partial charge in [0, 0.05) is 24.6 Å². The van der Waals surface area contributed by atoms with Gasteiger partial charge < -0.3 is 4.57 Å². The molecule has 5 heteroatoms. The number of rotatable bonds is 3. The van der Waals surface area contributed by atoms with Crippen molar-refractivity contribution in [3.8, 4) is 5.69 Å². The third kappa shape index (κ3) is 2.15. The molecule has 2 aromatic rings. The quantitative estimate of drug-likeness (QED) is 0.605. The van der Waals surface area contributed by atoms with E-state index >= 15 is 0 Å². The highest BCUT2D eigenvalue weighted by molar-refractivity contribution is 5.31. The maximum absolute atomic E-state index is 12.8. The number of allylic oxidation sites excluding steroid dienone is 1. The van der Waals surface area contributed by atoms with E-state index in [0.29, 0.717) is 5.69 Å². The smallest absolute Gasteiger partial charge is 0.306 e. The molecule has 0 aliphatic heterocycles. The maximum Gasteiger partial charge on any atom is 0.320 e. The summed E-state index contributed by atoms with van der Waals surface area (Å²) in [6, 6.07) is 5.34. The van der Waals surface area contributed by atoms with Gasteiger partial charge in [-0.1, -0.05) is 6.08 Å². The first kappa shape index (κ1) is 12.0. The van der Waals surface area contributed by atoms with E-state index in [-0.39, 0.29) is 6.54 Å². The minimum atomic E-state index is -0.675. The van der Waals surface area contributed by atoms with Crippen molar-refractivity contribution in [3.05, 3.63) is 75.8 Å². The summed E-state index contributed by atoms with van der Waals surface area (Å²) in [5, 5.41) is 0. The highest BCUT2D eigenvalue weighted by Gasteiger charge is 2.05. The number of nitrogens with zero attached hydrogens (tertiary/aromatic N) is 2. The largest absolute Gasteiger partial charge is 0.320 e. The van der Waals surface area contributed by atoms with Gasteiger partial charge in [-0.3, -0.25) is 14.2 Å². The molecule has 0 spiro atoms. The minimum absolute atomic E-state index is 0.276. The molecule has 0 atom stereocenters. The predicted molar refractivity (Wildman–Crippen MR) is 66.5 cm³/mol. The molecular formula is C13H11FN2O2. The van der Waals surface area contributed by atoms with Crippen molar-refractivity contribution >= 4 is 0 Å². The Morgan fingerprint density at radius 1 is 1.11 bits per heavy atom. The van der Waals surface area contributed by atoms with Crippen LogP contribution in [0.5, 0.6) is 0 Å². The van der Waals surface area contributed by atoms with Crippen molar-refractivity contribution in [2.24, 2.45) is 0 Å². The molecular weight excluding hydrogens is 235 g/mol. The zero-order valence-corrected chi connectivity index (χ0v) is 9.54. The molecule has 0 fully saturated rings. The number of benzene rings is 1. The Morgan fingerprint density at radius 2 is 1.78 bits per heavy atom. The van der Waals surface area contributed by atoms with Gasteiger partial charge >= 0.3 is 11.1 Å². The Morgan fingerprint density at radius 3 is 2.39 bits per heavy atom. The van der Waals surface area contributed by atoms with Gasteiger partial charge in [0.05, 0.1) is 0 Å². The van der Waals surface area contributed by atoms with Crippen LogP contribution < -0.4 is 11.1 Å². The van der Waals surface area contributed by atoms with Gasteiger partial charge in [-0.25, -0.2) is 4.39 Å². The second-order valence-corrected chi connectivity index (χ2v) is 3.70. The predicted octanol–water partition coefficient (Wildman–Crippen LogP) is 1.32. The van der Waals surface area contributed by atoms with Crippen LogP contribution in [0.15, 0.2) is 58.9 Å². The van der Waals surface area contributed by atoms with Gasteiger partial charge in [0.15, 0.2) is 0 Å². The Hall–Kier alpha value is -2.43. The van der Waals surface area contributed by atoms with E-state index < -0.39 is 16.9 Å². The van der Waals surface area contributed by atoms with Crippen molar-refractivity contribution in [3.63, 3.8) is 0 Å². The van der Waals surface area contributed by atoms with E-state index in [9.17, 15) is 14.0 Å². The average molecular weight is 246 g/mol. The zero-order valence-electron chi connectivity index (χ0n) is 9.54. The number of halogens is 1. The topological polar surface area (TPSA) is 44.0 Å². The third-order valence-corrected chi connectivity index (χ3v) is 2.49. The van der Waals surface area contributed by atoms with E-state index in [1.165, 1.54) is 51.9 Å². The summed E-state index contributed by atoms with van der Waals surface area (Å²) in [5.74, 6) is -0.396. The summed E-state index contributed by atoms with van der Waals surface area (Å²) in [7, 11) is 0. The summed E-state index contributed by atoms with van der Waals surface area (Å²) < 4.78 is 15.2. The molecule has 2 rings (SSSR count). The maximum atomic E-state index is 12.8. The first-order valence-electron chi connectivity index (χ1n) is 5.32. The minimum Gasteiger partial charge on any atom is -0.306 e. The number of aromatic nitrogens is 2.